The van der Waals surface area contributed by atoms with E-state index >= 15 is 0 Å². The quantitative estimate of drug-likeness (QED) is 0.313. The van der Waals surface area contributed by atoms with E-state index in [2.05, 4.69) is 16.6 Å². The number of rotatable bonds is 7. The van der Waals surface area contributed by atoms with Crippen molar-refractivity contribution < 1.29 is 19.1 Å². The summed E-state index contributed by atoms with van der Waals surface area (Å²) in [6.07, 6.45) is 5.13. The number of primary amides is 1. The summed E-state index contributed by atoms with van der Waals surface area (Å²) in [4.78, 5) is 37.8. The SMILES string of the molecule is CCCCCCC(=O)OC.COc1cccc2c(=O)c3c(Cl)ccc(C(N)=O)c3[nH]c12. The molecule has 3 rings (SSSR count). The molecule has 0 saturated carbocycles. The lowest BCUT2D eigenvalue weighted by Crippen LogP contribution is -2.14. The lowest BCUT2D eigenvalue weighted by atomic mass is 10.1. The largest absolute Gasteiger partial charge is 0.495 e. The van der Waals surface area contributed by atoms with Crippen LogP contribution < -0.4 is 15.9 Å². The summed E-state index contributed by atoms with van der Waals surface area (Å²) in [6, 6.07) is 8.09. The third-order valence-electron chi connectivity index (χ3n) is 4.85. The Balaban J connectivity index is 0.000000291. The molecule has 0 spiro atoms. The van der Waals surface area contributed by atoms with Gasteiger partial charge in [0.15, 0.2) is 5.43 Å². The molecule has 0 atom stereocenters. The summed E-state index contributed by atoms with van der Waals surface area (Å²) in [6.45, 7) is 2.15. The summed E-state index contributed by atoms with van der Waals surface area (Å²) in [5.74, 6) is -0.223. The standard InChI is InChI=1S/C15H11ClN2O3.C8H16O2/c1-21-10-4-2-3-7-12(10)18-13-8(15(17)20)5-6-9(16)11(13)14(7)19;1-3-4-5-6-7-8(9)10-2/h2-6H,1H3,(H2,17,20)(H,18,19);3-7H2,1-2H3. The molecule has 0 radical (unpaired) electrons. The van der Waals surface area contributed by atoms with E-state index in [1.807, 2.05) is 0 Å². The van der Waals surface area contributed by atoms with Crippen LogP contribution in [0.2, 0.25) is 5.02 Å². The first-order valence-electron chi connectivity index (χ1n) is 10.0. The van der Waals surface area contributed by atoms with Gasteiger partial charge in [0, 0.05) is 11.8 Å². The number of hydrogen-bond acceptors (Lipinski definition) is 5. The molecule has 0 aliphatic heterocycles. The van der Waals surface area contributed by atoms with Crippen LogP contribution in [0.15, 0.2) is 35.1 Å². The molecule has 3 aromatic rings. The van der Waals surface area contributed by atoms with Crippen molar-refractivity contribution in [3.8, 4) is 5.75 Å². The number of aromatic nitrogens is 1. The number of para-hydroxylation sites is 1. The second-order valence-corrected chi connectivity index (χ2v) is 7.34. The zero-order valence-electron chi connectivity index (χ0n) is 17.9. The number of nitrogens with one attached hydrogen (secondary N) is 1. The van der Waals surface area contributed by atoms with Gasteiger partial charge in [0.05, 0.1) is 41.2 Å². The zero-order valence-corrected chi connectivity index (χ0v) is 18.7. The molecular formula is C23H27ClN2O5. The molecule has 166 valence electrons. The van der Waals surface area contributed by atoms with Gasteiger partial charge in [0.1, 0.15) is 5.75 Å². The highest BCUT2D eigenvalue weighted by molar-refractivity contribution is 6.36. The van der Waals surface area contributed by atoms with Gasteiger partial charge in [0.2, 0.25) is 0 Å². The number of benzene rings is 2. The van der Waals surface area contributed by atoms with Gasteiger partial charge >= 0.3 is 5.97 Å². The highest BCUT2D eigenvalue weighted by Gasteiger charge is 2.16. The van der Waals surface area contributed by atoms with E-state index in [0.717, 1.165) is 12.8 Å². The first kappa shape index (κ1) is 24.2. The number of aromatic amines is 1. The number of methoxy groups -OCH3 is 2. The van der Waals surface area contributed by atoms with Gasteiger partial charge in [-0.3, -0.25) is 14.4 Å². The maximum absolute atomic E-state index is 12.6. The predicted molar refractivity (Wildman–Crippen MR) is 123 cm³/mol. The predicted octanol–water partition coefficient (Wildman–Crippen LogP) is 4.57. The highest BCUT2D eigenvalue weighted by atomic mass is 35.5. The second kappa shape index (κ2) is 11.4. The molecule has 1 amide bonds. The topological polar surface area (TPSA) is 111 Å². The maximum Gasteiger partial charge on any atom is 0.305 e. The van der Waals surface area contributed by atoms with Gasteiger partial charge in [0.25, 0.3) is 5.91 Å². The number of amides is 1. The molecule has 0 saturated heterocycles. The fourth-order valence-corrected chi connectivity index (χ4v) is 3.45. The van der Waals surface area contributed by atoms with Crippen molar-refractivity contribution in [2.24, 2.45) is 5.73 Å². The van der Waals surface area contributed by atoms with Crippen molar-refractivity contribution in [2.75, 3.05) is 14.2 Å². The van der Waals surface area contributed by atoms with Gasteiger partial charge in [-0.25, -0.2) is 0 Å². The first-order chi connectivity index (χ1) is 14.8. The van der Waals surface area contributed by atoms with Gasteiger partial charge in [-0.05, 0) is 30.7 Å². The summed E-state index contributed by atoms with van der Waals surface area (Å²) in [5, 5.41) is 0.945. The number of nitrogens with two attached hydrogens (primary N) is 1. The Morgan fingerprint density at radius 3 is 2.42 bits per heavy atom. The molecule has 0 bridgehead atoms. The minimum atomic E-state index is -0.637. The normalized spacial score (nSPS) is 10.5. The van der Waals surface area contributed by atoms with Crippen molar-refractivity contribution in [3.63, 3.8) is 0 Å². The Morgan fingerprint density at radius 1 is 1.06 bits per heavy atom. The van der Waals surface area contributed by atoms with E-state index < -0.39 is 5.91 Å². The average molecular weight is 447 g/mol. The maximum atomic E-state index is 12.6. The van der Waals surface area contributed by atoms with Gasteiger partial charge in [-0.1, -0.05) is 43.9 Å². The van der Waals surface area contributed by atoms with E-state index in [4.69, 9.17) is 22.1 Å². The Kier molecular flexibility index (Phi) is 8.88. The molecule has 3 N–H and O–H groups in total. The molecular weight excluding hydrogens is 420 g/mol. The van der Waals surface area contributed by atoms with Gasteiger partial charge in [-0.15, -0.1) is 0 Å². The number of carbonyl (C=O) groups is 2. The van der Waals surface area contributed by atoms with Crippen LogP contribution in [0.5, 0.6) is 5.75 Å². The van der Waals surface area contributed by atoms with Gasteiger partial charge < -0.3 is 20.2 Å². The number of carbonyl (C=O) groups excluding carboxylic acids is 2. The highest BCUT2D eigenvalue weighted by Crippen LogP contribution is 2.28. The third-order valence-corrected chi connectivity index (χ3v) is 5.16. The molecule has 7 nitrogen and oxygen atoms in total. The number of fused-ring (bicyclic) bond motifs is 2. The Bertz CT molecular complexity index is 1140. The summed E-state index contributed by atoms with van der Waals surface area (Å²) in [7, 11) is 2.94. The van der Waals surface area contributed by atoms with Crippen molar-refractivity contribution in [1.82, 2.24) is 4.98 Å². The third kappa shape index (κ3) is 5.76. The van der Waals surface area contributed by atoms with Crippen LogP contribution in [0, 0.1) is 0 Å². The molecule has 1 heterocycles. The Labute approximate surface area is 185 Å². The zero-order chi connectivity index (χ0) is 23.0. The number of ether oxygens (including phenoxy) is 2. The summed E-state index contributed by atoms with van der Waals surface area (Å²) >= 11 is 6.11. The minimum Gasteiger partial charge on any atom is -0.495 e. The lowest BCUT2D eigenvalue weighted by molar-refractivity contribution is -0.140. The van der Waals surface area contributed by atoms with Crippen molar-refractivity contribution in [2.45, 2.75) is 39.0 Å². The van der Waals surface area contributed by atoms with Crippen LogP contribution in [0.4, 0.5) is 0 Å². The summed E-state index contributed by atoms with van der Waals surface area (Å²) in [5.41, 5.74) is 6.11. The van der Waals surface area contributed by atoms with Crippen LogP contribution >= 0.6 is 11.6 Å². The molecule has 0 aliphatic rings. The Hall–Kier alpha value is -3.06. The molecule has 0 fully saturated rings. The molecule has 2 aromatic carbocycles. The molecule has 0 aliphatic carbocycles. The lowest BCUT2D eigenvalue weighted by Gasteiger charge is -2.10. The fourth-order valence-electron chi connectivity index (χ4n) is 3.21. The molecule has 8 heteroatoms. The number of H-pyrrole nitrogens is 1. The van der Waals surface area contributed by atoms with E-state index in [9.17, 15) is 14.4 Å². The first-order valence-corrected chi connectivity index (χ1v) is 10.4. The fraction of sp³-hybridized carbons (Fsp3) is 0.348. The smallest absolute Gasteiger partial charge is 0.305 e. The number of esters is 1. The van der Waals surface area contributed by atoms with E-state index in [1.165, 1.54) is 39.2 Å². The number of hydrogen-bond donors (Lipinski definition) is 2. The monoisotopic (exact) mass is 446 g/mol. The number of pyridine rings is 1. The van der Waals surface area contributed by atoms with Crippen molar-refractivity contribution in [3.05, 3.63) is 51.1 Å². The molecule has 1 aromatic heterocycles. The van der Waals surface area contributed by atoms with Crippen LogP contribution in [0.3, 0.4) is 0 Å². The minimum absolute atomic E-state index is 0.0869. The van der Waals surface area contributed by atoms with Gasteiger partial charge in [-0.2, -0.15) is 0 Å². The van der Waals surface area contributed by atoms with Crippen LogP contribution in [-0.4, -0.2) is 31.1 Å². The average Bonchev–Trinajstić information content (AvgIpc) is 2.76. The van der Waals surface area contributed by atoms with E-state index in [1.54, 1.807) is 18.2 Å². The van der Waals surface area contributed by atoms with Crippen LogP contribution in [0.25, 0.3) is 21.8 Å². The number of unbranched alkanes of at least 4 members (excludes halogenated alkanes) is 3. The molecule has 0 unspecified atom stereocenters. The van der Waals surface area contributed by atoms with Crippen molar-refractivity contribution in [1.29, 1.82) is 0 Å². The van der Waals surface area contributed by atoms with E-state index in [-0.39, 0.29) is 27.4 Å². The van der Waals surface area contributed by atoms with Crippen LogP contribution in [-0.2, 0) is 9.53 Å². The van der Waals surface area contributed by atoms with Crippen molar-refractivity contribution >= 4 is 45.3 Å². The second-order valence-electron chi connectivity index (χ2n) is 6.93. The van der Waals surface area contributed by atoms with E-state index in [0.29, 0.717) is 28.6 Å². The number of halogens is 1. The summed E-state index contributed by atoms with van der Waals surface area (Å²) < 4.78 is 9.73. The van der Waals surface area contributed by atoms with Crippen LogP contribution in [0.1, 0.15) is 49.4 Å². The Morgan fingerprint density at radius 2 is 1.81 bits per heavy atom. The molecule has 31 heavy (non-hydrogen) atoms.